The molecule has 0 rings (SSSR count). The van der Waals surface area contributed by atoms with Crippen molar-refractivity contribution in [2.45, 2.75) is 290 Å². The van der Waals surface area contributed by atoms with Crippen molar-refractivity contribution in [3.63, 3.8) is 0 Å². The summed E-state index contributed by atoms with van der Waals surface area (Å²) in [6.07, 6.45) is 71.7. The number of allylic oxidation sites excluding steroid dienone is 12. The summed E-state index contributed by atoms with van der Waals surface area (Å²) in [5.74, 6) is -0.901. The van der Waals surface area contributed by atoms with Crippen LogP contribution in [0.3, 0.4) is 0 Å². The van der Waals surface area contributed by atoms with Crippen molar-refractivity contribution in [3.05, 3.63) is 72.9 Å². The van der Waals surface area contributed by atoms with E-state index in [4.69, 9.17) is 14.2 Å². The highest BCUT2D eigenvalue weighted by molar-refractivity contribution is 5.71. The summed E-state index contributed by atoms with van der Waals surface area (Å²) in [6, 6.07) is 0. The zero-order valence-corrected chi connectivity index (χ0v) is 44.9. The van der Waals surface area contributed by atoms with Gasteiger partial charge in [0.15, 0.2) is 6.10 Å². The summed E-state index contributed by atoms with van der Waals surface area (Å²) in [7, 11) is 0. The van der Waals surface area contributed by atoms with E-state index in [0.29, 0.717) is 19.3 Å². The molecule has 0 amide bonds. The maximum atomic E-state index is 12.9. The Morgan fingerprint density at radius 1 is 0.309 bits per heavy atom. The number of rotatable bonds is 52. The van der Waals surface area contributed by atoms with Gasteiger partial charge in [0.1, 0.15) is 13.2 Å². The van der Waals surface area contributed by atoms with E-state index in [-0.39, 0.29) is 31.1 Å². The van der Waals surface area contributed by atoms with E-state index in [1.54, 1.807) is 0 Å². The second kappa shape index (κ2) is 56.4. The third-order valence-corrected chi connectivity index (χ3v) is 12.4. The molecule has 0 heterocycles. The van der Waals surface area contributed by atoms with E-state index in [1.165, 1.54) is 135 Å². The Balaban J connectivity index is 4.40. The Labute approximate surface area is 421 Å². The number of carbonyl (C=O) groups is 3. The Bertz CT molecular complexity index is 1270. The van der Waals surface area contributed by atoms with Crippen molar-refractivity contribution in [2.24, 2.45) is 0 Å². The van der Waals surface area contributed by atoms with Gasteiger partial charge < -0.3 is 14.2 Å². The van der Waals surface area contributed by atoms with E-state index in [9.17, 15) is 14.4 Å². The van der Waals surface area contributed by atoms with Gasteiger partial charge in [-0.1, -0.05) is 254 Å². The molecule has 68 heavy (non-hydrogen) atoms. The molecular weight excluding hydrogens is 841 g/mol. The van der Waals surface area contributed by atoms with Crippen LogP contribution in [0.1, 0.15) is 284 Å². The van der Waals surface area contributed by atoms with Crippen molar-refractivity contribution < 1.29 is 28.6 Å². The van der Waals surface area contributed by atoms with Crippen LogP contribution in [0.25, 0.3) is 0 Å². The zero-order valence-electron chi connectivity index (χ0n) is 44.9. The van der Waals surface area contributed by atoms with Crippen LogP contribution in [-0.4, -0.2) is 37.2 Å². The largest absolute Gasteiger partial charge is 0.462 e. The smallest absolute Gasteiger partial charge is 0.306 e. The summed E-state index contributed by atoms with van der Waals surface area (Å²) < 4.78 is 16.9. The fraction of sp³-hybridized carbons (Fsp3) is 0.758. The molecule has 0 N–H and O–H groups in total. The molecule has 392 valence electrons. The second-order valence-electron chi connectivity index (χ2n) is 19.2. The van der Waals surface area contributed by atoms with E-state index >= 15 is 0 Å². The Morgan fingerprint density at radius 2 is 0.588 bits per heavy atom. The molecular formula is C62H108O6. The third-order valence-electron chi connectivity index (χ3n) is 12.4. The molecule has 0 aliphatic heterocycles. The minimum Gasteiger partial charge on any atom is -0.462 e. The van der Waals surface area contributed by atoms with E-state index in [1.807, 2.05) is 0 Å². The van der Waals surface area contributed by atoms with Crippen LogP contribution in [-0.2, 0) is 28.6 Å². The first-order valence-corrected chi connectivity index (χ1v) is 28.9. The first kappa shape index (κ1) is 64.8. The van der Waals surface area contributed by atoms with Crippen molar-refractivity contribution >= 4 is 17.9 Å². The van der Waals surface area contributed by atoms with Crippen molar-refractivity contribution in [3.8, 4) is 0 Å². The molecule has 0 aromatic rings. The van der Waals surface area contributed by atoms with Gasteiger partial charge in [-0.05, 0) is 83.5 Å². The monoisotopic (exact) mass is 949 g/mol. The molecule has 0 spiro atoms. The fourth-order valence-corrected chi connectivity index (χ4v) is 8.10. The lowest BCUT2D eigenvalue weighted by atomic mass is 10.0. The number of carbonyl (C=O) groups excluding carboxylic acids is 3. The van der Waals surface area contributed by atoms with Gasteiger partial charge in [0.2, 0.25) is 0 Å². The molecule has 6 nitrogen and oxygen atoms in total. The Kier molecular flexibility index (Phi) is 53.8. The van der Waals surface area contributed by atoms with Crippen LogP contribution in [0, 0.1) is 0 Å². The summed E-state index contributed by atoms with van der Waals surface area (Å²) in [5.41, 5.74) is 0. The minimum atomic E-state index is -0.786. The summed E-state index contributed by atoms with van der Waals surface area (Å²) >= 11 is 0. The second-order valence-corrected chi connectivity index (χ2v) is 19.2. The first-order valence-electron chi connectivity index (χ1n) is 28.9. The van der Waals surface area contributed by atoms with Crippen molar-refractivity contribution in [2.75, 3.05) is 13.2 Å². The Hall–Kier alpha value is -3.15. The molecule has 6 heteroatoms. The normalized spacial score (nSPS) is 12.6. The lowest BCUT2D eigenvalue weighted by Gasteiger charge is -2.18. The molecule has 1 atom stereocenters. The highest BCUT2D eigenvalue weighted by Crippen LogP contribution is 2.16. The van der Waals surface area contributed by atoms with Gasteiger partial charge in [-0.15, -0.1) is 0 Å². The number of ether oxygens (including phenoxy) is 3. The molecule has 0 saturated carbocycles. The lowest BCUT2D eigenvalue weighted by Crippen LogP contribution is -2.30. The highest BCUT2D eigenvalue weighted by atomic mass is 16.6. The van der Waals surface area contributed by atoms with Gasteiger partial charge in [-0.2, -0.15) is 0 Å². The molecule has 0 aliphatic carbocycles. The quantitative estimate of drug-likeness (QED) is 0.0262. The number of hydrogen-bond acceptors (Lipinski definition) is 6. The molecule has 0 aliphatic rings. The van der Waals surface area contributed by atoms with Crippen LogP contribution in [0.4, 0.5) is 0 Å². The lowest BCUT2D eigenvalue weighted by molar-refractivity contribution is -0.167. The number of hydrogen-bond donors (Lipinski definition) is 0. The molecule has 1 unspecified atom stereocenters. The van der Waals surface area contributed by atoms with Crippen LogP contribution in [0.2, 0.25) is 0 Å². The number of esters is 3. The SMILES string of the molecule is CC/C=C\C/C=C\C/C=C\C/C=C\CCCCCCCCC(=O)OCC(COC(=O)CCCCCCC/C=C\C/C=C\CCCC)OC(=O)CCCCCCCCCCCCCCCCCCC. The van der Waals surface area contributed by atoms with Gasteiger partial charge >= 0.3 is 17.9 Å². The Morgan fingerprint density at radius 3 is 0.941 bits per heavy atom. The van der Waals surface area contributed by atoms with Gasteiger partial charge in [0, 0.05) is 19.3 Å². The van der Waals surface area contributed by atoms with E-state index < -0.39 is 6.10 Å². The van der Waals surface area contributed by atoms with Crippen LogP contribution < -0.4 is 0 Å². The van der Waals surface area contributed by atoms with Gasteiger partial charge in [0.25, 0.3) is 0 Å². The van der Waals surface area contributed by atoms with Crippen molar-refractivity contribution in [1.29, 1.82) is 0 Å². The third kappa shape index (κ3) is 53.8. The molecule has 0 aromatic carbocycles. The molecule has 0 fully saturated rings. The van der Waals surface area contributed by atoms with Crippen molar-refractivity contribution in [1.82, 2.24) is 0 Å². The minimum absolute atomic E-state index is 0.0854. The van der Waals surface area contributed by atoms with Gasteiger partial charge in [-0.25, -0.2) is 0 Å². The average Bonchev–Trinajstić information content (AvgIpc) is 3.34. The maximum Gasteiger partial charge on any atom is 0.306 e. The standard InChI is InChI=1S/C62H108O6/c1-4-7-10-13-16-19-22-25-28-30-31-33-34-37-40-43-46-49-52-55-61(64)67-58-59(57-66-60(63)54-51-48-45-42-39-36-27-24-21-18-15-12-9-6-3)68-62(65)56-53-50-47-44-41-38-35-32-29-26-23-20-17-14-11-8-5-2/h7,10,15-16,18-19,24-25,27-28,31,33,59H,4-6,8-9,11-14,17,20-23,26,29-30,32,34-58H2,1-3H3/b10-7-,18-15-,19-16-,27-24-,28-25-,33-31-. The van der Waals surface area contributed by atoms with Gasteiger partial charge in [-0.3, -0.25) is 14.4 Å². The average molecular weight is 950 g/mol. The van der Waals surface area contributed by atoms with Gasteiger partial charge in [0.05, 0.1) is 0 Å². The zero-order chi connectivity index (χ0) is 49.3. The first-order chi connectivity index (χ1) is 33.5. The maximum absolute atomic E-state index is 12.9. The molecule has 0 bridgehead atoms. The van der Waals surface area contributed by atoms with E-state index in [2.05, 4.69) is 93.7 Å². The van der Waals surface area contributed by atoms with E-state index in [0.717, 1.165) is 109 Å². The van der Waals surface area contributed by atoms with Crippen LogP contribution in [0.15, 0.2) is 72.9 Å². The fourth-order valence-electron chi connectivity index (χ4n) is 8.10. The molecule has 0 aromatic heterocycles. The summed E-state index contributed by atoms with van der Waals surface area (Å²) in [6.45, 7) is 6.49. The summed E-state index contributed by atoms with van der Waals surface area (Å²) in [4.78, 5) is 38.2. The molecule has 0 radical (unpaired) electrons. The topological polar surface area (TPSA) is 78.9 Å². The predicted molar refractivity (Wildman–Crippen MR) is 293 cm³/mol. The molecule has 0 saturated heterocycles. The highest BCUT2D eigenvalue weighted by Gasteiger charge is 2.19. The predicted octanol–water partition coefficient (Wildman–Crippen LogP) is 19.4. The van der Waals surface area contributed by atoms with Crippen LogP contribution in [0.5, 0.6) is 0 Å². The summed E-state index contributed by atoms with van der Waals surface area (Å²) in [5, 5.41) is 0. The van der Waals surface area contributed by atoms with Crippen LogP contribution >= 0.6 is 0 Å². The number of unbranched alkanes of at least 4 members (excludes halogenated alkanes) is 29.